The Morgan fingerprint density at radius 3 is 2.40 bits per heavy atom. The van der Waals surface area contributed by atoms with E-state index in [2.05, 4.69) is 73.6 Å². The van der Waals surface area contributed by atoms with Crippen molar-refractivity contribution in [1.29, 1.82) is 0 Å². The second-order valence-electron chi connectivity index (χ2n) is 6.21. The lowest BCUT2D eigenvalue weighted by atomic mass is 10.1. The van der Waals surface area contributed by atoms with Crippen molar-refractivity contribution in [3.63, 3.8) is 0 Å². The zero-order valence-corrected chi connectivity index (χ0v) is 18.8. The Morgan fingerprint density at radius 1 is 1.12 bits per heavy atom. The maximum absolute atomic E-state index is 4.71. The number of nitrogens with zero attached hydrogens (tertiary/aromatic N) is 2. The van der Waals surface area contributed by atoms with Crippen molar-refractivity contribution in [3.05, 3.63) is 35.9 Å². The SMILES string of the molecule is CCNC(=NCCc1ccccc1)NC(C)CCCN(CC)CC.I. The van der Waals surface area contributed by atoms with Crippen molar-refractivity contribution in [2.45, 2.75) is 53.0 Å². The molecule has 0 aliphatic heterocycles. The molecule has 1 aromatic carbocycles. The predicted molar refractivity (Wildman–Crippen MR) is 121 cm³/mol. The van der Waals surface area contributed by atoms with E-state index in [1.54, 1.807) is 0 Å². The fraction of sp³-hybridized carbons (Fsp3) is 0.650. The zero-order valence-electron chi connectivity index (χ0n) is 16.4. The third-order valence-corrected chi connectivity index (χ3v) is 4.25. The molecular weight excluding hydrogens is 423 g/mol. The topological polar surface area (TPSA) is 39.7 Å². The van der Waals surface area contributed by atoms with Crippen LogP contribution in [0.25, 0.3) is 0 Å². The molecule has 144 valence electrons. The minimum Gasteiger partial charge on any atom is -0.357 e. The van der Waals surface area contributed by atoms with Crippen LogP contribution < -0.4 is 10.6 Å². The molecule has 1 rings (SSSR count). The molecule has 4 nitrogen and oxygen atoms in total. The molecule has 0 amide bonds. The number of hydrogen-bond acceptors (Lipinski definition) is 2. The molecule has 0 aliphatic carbocycles. The monoisotopic (exact) mass is 460 g/mol. The van der Waals surface area contributed by atoms with Gasteiger partial charge in [-0.1, -0.05) is 44.2 Å². The van der Waals surface area contributed by atoms with Gasteiger partial charge in [0, 0.05) is 19.1 Å². The molecule has 2 N–H and O–H groups in total. The van der Waals surface area contributed by atoms with Gasteiger partial charge in [0.2, 0.25) is 0 Å². The van der Waals surface area contributed by atoms with Gasteiger partial charge in [0.25, 0.3) is 0 Å². The minimum atomic E-state index is 0. The maximum atomic E-state index is 4.71. The first-order valence-corrected chi connectivity index (χ1v) is 9.50. The van der Waals surface area contributed by atoms with Crippen LogP contribution in [0.2, 0.25) is 0 Å². The fourth-order valence-electron chi connectivity index (χ4n) is 2.73. The largest absolute Gasteiger partial charge is 0.357 e. The van der Waals surface area contributed by atoms with Crippen molar-refractivity contribution in [2.24, 2.45) is 4.99 Å². The van der Waals surface area contributed by atoms with E-state index in [1.165, 1.54) is 24.9 Å². The molecule has 0 spiro atoms. The zero-order chi connectivity index (χ0) is 17.6. The van der Waals surface area contributed by atoms with Crippen molar-refractivity contribution in [1.82, 2.24) is 15.5 Å². The summed E-state index contributed by atoms with van der Waals surface area (Å²) in [6, 6.07) is 11.0. The Bertz CT molecular complexity index is 446. The maximum Gasteiger partial charge on any atom is 0.191 e. The summed E-state index contributed by atoms with van der Waals surface area (Å²) in [7, 11) is 0. The van der Waals surface area contributed by atoms with Gasteiger partial charge in [-0.05, 0) is 58.3 Å². The molecule has 0 saturated carbocycles. The van der Waals surface area contributed by atoms with Crippen molar-refractivity contribution >= 4 is 29.9 Å². The van der Waals surface area contributed by atoms with E-state index in [4.69, 9.17) is 4.99 Å². The first-order chi connectivity index (χ1) is 11.7. The van der Waals surface area contributed by atoms with E-state index in [1.807, 2.05) is 0 Å². The van der Waals surface area contributed by atoms with Crippen molar-refractivity contribution in [2.75, 3.05) is 32.7 Å². The van der Waals surface area contributed by atoms with Crippen LogP contribution in [-0.4, -0.2) is 49.6 Å². The van der Waals surface area contributed by atoms with Crippen LogP contribution in [0.15, 0.2) is 35.3 Å². The normalized spacial score (nSPS) is 12.6. The Labute approximate surface area is 171 Å². The van der Waals surface area contributed by atoms with Gasteiger partial charge in [-0.15, -0.1) is 24.0 Å². The first-order valence-electron chi connectivity index (χ1n) is 9.50. The Balaban J connectivity index is 0.00000576. The van der Waals surface area contributed by atoms with Gasteiger partial charge >= 0.3 is 0 Å². The highest BCUT2D eigenvalue weighted by molar-refractivity contribution is 14.0. The van der Waals surface area contributed by atoms with Gasteiger partial charge in [-0.2, -0.15) is 0 Å². The number of hydrogen-bond donors (Lipinski definition) is 2. The summed E-state index contributed by atoms with van der Waals surface area (Å²) in [6.45, 7) is 14.0. The van der Waals surface area contributed by atoms with E-state index in [0.717, 1.165) is 38.6 Å². The summed E-state index contributed by atoms with van der Waals surface area (Å²) in [6.07, 6.45) is 3.37. The molecule has 0 aromatic heterocycles. The highest BCUT2D eigenvalue weighted by Gasteiger charge is 2.06. The lowest BCUT2D eigenvalue weighted by molar-refractivity contribution is 0.292. The third kappa shape index (κ3) is 11.4. The van der Waals surface area contributed by atoms with Gasteiger partial charge < -0.3 is 15.5 Å². The number of rotatable bonds is 11. The lowest BCUT2D eigenvalue weighted by Crippen LogP contribution is -2.42. The molecule has 0 fully saturated rings. The van der Waals surface area contributed by atoms with Crippen LogP contribution in [0.5, 0.6) is 0 Å². The highest BCUT2D eigenvalue weighted by atomic mass is 127. The van der Waals surface area contributed by atoms with Crippen molar-refractivity contribution in [3.8, 4) is 0 Å². The number of nitrogens with one attached hydrogen (secondary N) is 2. The summed E-state index contributed by atoms with van der Waals surface area (Å²) >= 11 is 0. The number of benzene rings is 1. The number of halogens is 1. The summed E-state index contributed by atoms with van der Waals surface area (Å²) in [5, 5.41) is 6.88. The van der Waals surface area contributed by atoms with Crippen molar-refractivity contribution < 1.29 is 0 Å². The summed E-state index contributed by atoms with van der Waals surface area (Å²) < 4.78 is 0. The van der Waals surface area contributed by atoms with Crippen LogP contribution in [0.1, 0.15) is 46.1 Å². The average molecular weight is 460 g/mol. The molecular formula is C20H37IN4. The first kappa shape index (κ1) is 24.2. The molecule has 1 unspecified atom stereocenters. The van der Waals surface area contributed by atoms with Gasteiger partial charge in [0.1, 0.15) is 0 Å². The molecule has 0 aliphatic rings. The summed E-state index contributed by atoms with van der Waals surface area (Å²) in [5.41, 5.74) is 1.34. The molecule has 0 radical (unpaired) electrons. The van der Waals surface area contributed by atoms with Gasteiger partial charge in [0.05, 0.1) is 0 Å². The van der Waals surface area contributed by atoms with Crippen LogP contribution in [0.3, 0.4) is 0 Å². The lowest BCUT2D eigenvalue weighted by Gasteiger charge is -2.21. The predicted octanol–water partition coefficient (Wildman–Crippen LogP) is 3.91. The summed E-state index contributed by atoms with van der Waals surface area (Å²) in [4.78, 5) is 7.19. The van der Waals surface area contributed by atoms with Crippen LogP contribution >= 0.6 is 24.0 Å². The van der Waals surface area contributed by atoms with E-state index >= 15 is 0 Å². The molecule has 1 aromatic rings. The van der Waals surface area contributed by atoms with Gasteiger partial charge in [-0.3, -0.25) is 4.99 Å². The third-order valence-electron chi connectivity index (χ3n) is 4.25. The number of aliphatic imine (C=N–C) groups is 1. The quantitative estimate of drug-likeness (QED) is 0.299. The average Bonchev–Trinajstić information content (AvgIpc) is 2.60. The molecule has 5 heteroatoms. The Hall–Kier alpha value is -0.820. The summed E-state index contributed by atoms with van der Waals surface area (Å²) in [5.74, 6) is 0.934. The fourth-order valence-corrected chi connectivity index (χ4v) is 2.73. The number of guanidine groups is 1. The van der Waals surface area contributed by atoms with Crippen LogP contribution in [-0.2, 0) is 6.42 Å². The Morgan fingerprint density at radius 2 is 1.80 bits per heavy atom. The molecule has 0 saturated heterocycles. The smallest absolute Gasteiger partial charge is 0.191 e. The molecule has 0 heterocycles. The van der Waals surface area contributed by atoms with E-state index < -0.39 is 0 Å². The van der Waals surface area contributed by atoms with E-state index in [9.17, 15) is 0 Å². The highest BCUT2D eigenvalue weighted by Crippen LogP contribution is 2.01. The molecule has 0 bridgehead atoms. The molecule has 1 atom stereocenters. The second kappa shape index (κ2) is 15.4. The van der Waals surface area contributed by atoms with E-state index in [0.29, 0.717) is 6.04 Å². The Kier molecular flexibility index (Phi) is 14.9. The van der Waals surface area contributed by atoms with Gasteiger partial charge in [-0.25, -0.2) is 0 Å². The second-order valence-corrected chi connectivity index (χ2v) is 6.21. The van der Waals surface area contributed by atoms with Crippen LogP contribution in [0.4, 0.5) is 0 Å². The standard InChI is InChI=1S/C20H36N4.HI/c1-5-21-20(22-16-15-19-13-9-8-10-14-19)23-18(4)12-11-17-24(6-2)7-3;/h8-10,13-14,18H,5-7,11-12,15-17H2,1-4H3,(H2,21,22,23);1H. The minimum absolute atomic E-state index is 0. The van der Waals surface area contributed by atoms with Gasteiger partial charge in [0.15, 0.2) is 5.96 Å². The van der Waals surface area contributed by atoms with Crippen LogP contribution in [0, 0.1) is 0 Å². The van der Waals surface area contributed by atoms with E-state index in [-0.39, 0.29) is 24.0 Å². The molecule has 25 heavy (non-hydrogen) atoms.